The van der Waals surface area contributed by atoms with Crippen LogP contribution in [0.5, 0.6) is 5.75 Å². The molecule has 0 saturated carbocycles. The highest BCUT2D eigenvalue weighted by Gasteiger charge is 2.21. The first kappa shape index (κ1) is 23.5. The van der Waals surface area contributed by atoms with Crippen molar-refractivity contribution in [3.63, 3.8) is 0 Å². The number of nitrogens with one attached hydrogen (secondary N) is 3. The number of anilines is 1. The van der Waals surface area contributed by atoms with Gasteiger partial charge in [-0.2, -0.15) is 0 Å². The first-order chi connectivity index (χ1) is 14.0. The van der Waals surface area contributed by atoms with Crippen LogP contribution in [0.1, 0.15) is 26.3 Å². The summed E-state index contributed by atoms with van der Waals surface area (Å²) >= 11 is 5.13. The van der Waals surface area contributed by atoms with Crippen LogP contribution in [-0.4, -0.2) is 32.1 Å². The van der Waals surface area contributed by atoms with Gasteiger partial charge in [-0.05, 0) is 81.0 Å². The third-order valence-electron chi connectivity index (χ3n) is 3.64. The molecule has 0 aromatic heterocycles. The van der Waals surface area contributed by atoms with E-state index in [1.807, 2.05) is 12.1 Å². The molecule has 0 aliphatic heterocycles. The minimum absolute atomic E-state index is 0.0998. The van der Waals surface area contributed by atoms with Gasteiger partial charge >= 0.3 is 0 Å². The molecule has 0 spiro atoms. The maximum atomic E-state index is 12.3. The summed E-state index contributed by atoms with van der Waals surface area (Å²) in [4.78, 5) is 12.2. The summed E-state index contributed by atoms with van der Waals surface area (Å²) in [5, 5.41) is 5.48. The number of amides is 1. The van der Waals surface area contributed by atoms with E-state index in [2.05, 4.69) is 15.4 Å². The normalized spacial score (nSPS) is 11.9. The predicted octanol–water partition coefficient (Wildman–Crippen LogP) is 3.30. The van der Waals surface area contributed by atoms with E-state index < -0.39 is 21.5 Å². The predicted molar refractivity (Wildman–Crippen MR) is 123 cm³/mol. The zero-order chi connectivity index (χ0) is 22.4. The van der Waals surface area contributed by atoms with Crippen molar-refractivity contribution < 1.29 is 17.9 Å². The average molecular weight is 448 g/mol. The lowest BCUT2D eigenvalue weighted by Gasteiger charge is -2.20. The highest BCUT2D eigenvalue weighted by molar-refractivity contribution is 7.89. The smallest absolute Gasteiger partial charge is 0.250 e. The summed E-state index contributed by atoms with van der Waals surface area (Å²) in [6.07, 6.45) is 3.02. The maximum Gasteiger partial charge on any atom is 0.250 e. The van der Waals surface area contributed by atoms with E-state index in [4.69, 9.17) is 17.0 Å². The standard InChI is InChI=1S/C21H25N3O4S2/c1-21(2,3)24-30(26,27)18-12-8-16(9-13-18)22-20(29)23-19(25)14-7-15-5-10-17(28-4)11-6-15/h5-14,24H,1-4H3,(H2,22,23,25,29). The lowest BCUT2D eigenvalue weighted by Crippen LogP contribution is -2.40. The van der Waals surface area contributed by atoms with Crippen molar-refractivity contribution in [1.29, 1.82) is 0 Å². The molecular weight excluding hydrogens is 422 g/mol. The minimum Gasteiger partial charge on any atom is -0.497 e. The molecule has 2 rings (SSSR count). The molecule has 7 nitrogen and oxygen atoms in total. The van der Waals surface area contributed by atoms with Crippen LogP contribution in [0.2, 0.25) is 0 Å². The van der Waals surface area contributed by atoms with Crippen molar-refractivity contribution in [3.8, 4) is 5.75 Å². The van der Waals surface area contributed by atoms with E-state index in [0.29, 0.717) is 5.69 Å². The third kappa shape index (κ3) is 7.58. The minimum atomic E-state index is -3.62. The van der Waals surface area contributed by atoms with E-state index in [1.165, 1.54) is 18.2 Å². The quantitative estimate of drug-likeness (QED) is 0.464. The van der Waals surface area contributed by atoms with Crippen LogP contribution in [0.4, 0.5) is 5.69 Å². The SMILES string of the molecule is COc1ccc(C=CC(=O)NC(=S)Nc2ccc(S(=O)(=O)NC(C)(C)C)cc2)cc1. The number of sulfonamides is 1. The zero-order valence-electron chi connectivity index (χ0n) is 17.2. The molecule has 0 aliphatic rings. The second-order valence-electron chi connectivity index (χ2n) is 7.43. The number of hydrogen-bond acceptors (Lipinski definition) is 5. The van der Waals surface area contributed by atoms with Crippen LogP contribution in [0, 0.1) is 0 Å². The molecule has 160 valence electrons. The Morgan fingerprint density at radius 1 is 1.03 bits per heavy atom. The van der Waals surface area contributed by atoms with Gasteiger partial charge in [0.15, 0.2) is 5.11 Å². The molecule has 0 unspecified atom stereocenters. The van der Waals surface area contributed by atoms with E-state index in [9.17, 15) is 13.2 Å². The van der Waals surface area contributed by atoms with Gasteiger partial charge in [0.1, 0.15) is 5.75 Å². The number of benzene rings is 2. The molecule has 0 radical (unpaired) electrons. The summed E-state index contributed by atoms with van der Waals surface area (Å²) in [6, 6.07) is 13.3. The second-order valence-corrected chi connectivity index (χ2v) is 9.52. The highest BCUT2D eigenvalue weighted by Crippen LogP contribution is 2.16. The van der Waals surface area contributed by atoms with Crippen LogP contribution < -0.4 is 20.1 Å². The molecule has 30 heavy (non-hydrogen) atoms. The van der Waals surface area contributed by atoms with Crippen molar-refractivity contribution in [3.05, 3.63) is 60.2 Å². The fourth-order valence-corrected chi connectivity index (χ4v) is 4.02. The van der Waals surface area contributed by atoms with E-state index in [0.717, 1.165) is 11.3 Å². The maximum absolute atomic E-state index is 12.3. The van der Waals surface area contributed by atoms with Gasteiger partial charge < -0.3 is 10.1 Å². The highest BCUT2D eigenvalue weighted by atomic mass is 32.2. The third-order valence-corrected chi connectivity index (χ3v) is 5.62. The number of carbonyl (C=O) groups excluding carboxylic acids is 1. The van der Waals surface area contributed by atoms with Crippen LogP contribution in [0.15, 0.2) is 59.5 Å². The molecule has 0 fully saturated rings. The number of thiocarbonyl (C=S) groups is 1. The Balaban J connectivity index is 1.92. The first-order valence-corrected chi connectivity index (χ1v) is 11.0. The van der Waals surface area contributed by atoms with Gasteiger partial charge in [-0.1, -0.05) is 12.1 Å². The lowest BCUT2D eigenvalue weighted by molar-refractivity contribution is -0.115. The number of carbonyl (C=O) groups is 1. The van der Waals surface area contributed by atoms with Gasteiger partial charge in [-0.25, -0.2) is 13.1 Å². The summed E-state index contributed by atoms with van der Waals surface area (Å²) in [5.74, 6) is 0.340. The van der Waals surface area contributed by atoms with Crippen molar-refractivity contribution in [1.82, 2.24) is 10.0 Å². The summed E-state index contributed by atoms with van der Waals surface area (Å²) < 4.78 is 32.3. The summed E-state index contributed by atoms with van der Waals surface area (Å²) in [5.41, 5.74) is 0.806. The Morgan fingerprint density at radius 2 is 1.63 bits per heavy atom. The Labute approximate surface area is 182 Å². The number of ether oxygens (including phenoxy) is 1. The van der Waals surface area contributed by atoms with E-state index >= 15 is 0 Å². The fraction of sp³-hybridized carbons (Fsp3) is 0.238. The van der Waals surface area contributed by atoms with Gasteiger partial charge in [0, 0.05) is 17.3 Å². The second kappa shape index (κ2) is 9.84. The molecule has 2 aromatic carbocycles. The van der Waals surface area contributed by atoms with Crippen LogP contribution in [-0.2, 0) is 14.8 Å². The monoisotopic (exact) mass is 447 g/mol. The Kier molecular flexibility index (Phi) is 7.71. The average Bonchev–Trinajstić information content (AvgIpc) is 2.65. The number of hydrogen-bond donors (Lipinski definition) is 3. The van der Waals surface area contributed by atoms with Gasteiger partial charge in [0.05, 0.1) is 12.0 Å². The molecule has 2 aromatic rings. The summed E-state index contributed by atoms with van der Waals surface area (Å²) in [6.45, 7) is 5.31. The first-order valence-electron chi connectivity index (χ1n) is 9.07. The lowest BCUT2D eigenvalue weighted by atomic mass is 10.1. The van der Waals surface area contributed by atoms with Crippen molar-refractivity contribution in [2.75, 3.05) is 12.4 Å². The molecular formula is C21H25N3O4S2. The molecule has 0 saturated heterocycles. The molecule has 0 bridgehead atoms. The van der Waals surface area contributed by atoms with Gasteiger partial charge in [-0.3, -0.25) is 10.1 Å². The molecule has 0 aliphatic carbocycles. The molecule has 0 heterocycles. The molecule has 0 atom stereocenters. The van der Waals surface area contributed by atoms with E-state index in [1.54, 1.807) is 58.2 Å². The van der Waals surface area contributed by atoms with Crippen molar-refractivity contribution in [2.45, 2.75) is 31.2 Å². The van der Waals surface area contributed by atoms with Crippen molar-refractivity contribution >= 4 is 45.0 Å². The van der Waals surface area contributed by atoms with Crippen LogP contribution in [0.25, 0.3) is 6.08 Å². The van der Waals surface area contributed by atoms with Gasteiger partial charge in [0.2, 0.25) is 15.9 Å². The van der Waals surface area contributed by atoms with Gasteiger partial charge in [-0.15, -0.1) is 0 Å². The Hall–Kier alpha value is -2.75. The fourth-order valence-electron chi connectivity index (χ4n) is 2.38. The van der Waals surface area contributed by atoms with Gasteiger partial charge in [0.25, 0.3) is 0 Å². The van der Waals surface area contributed by atoms with Crippen molar-refractivity contribution in [2.24, 2.45) is 0 Å². The molecule has 3 N–H and O–H groups in total. The number of rotatable bonds is 6. The Morgan fingerprint density at radius 3 is 2.17 bits per heavy atom. The van der Waals surface area contributed by atoms with Crippen LogP contribution >= 0.6 is 12.2 Å². The Bertz CT molecular complexity index is 1020. The zero-order valence-corrected chi connectivity index (χ0v) is 18.9. The molecule has 9 heteroatoms. The number of methoxy groups -OCH3 is 1. The largest absolute Gasteiger partial charge is 0.497 e. The topological polar surface area (TPSA) is 96.5 Å². The summed E-state index contributed by atoms with van der Waals surface area (Å²) in [7, 11) is -2.03. The van der Waals surface area contributed by atoms with E-state index in [-0.39, 0.29) is 10.0 Å². The molecule has 1 amide bonds. The van der Waals surface area contributed by atoms with Crippen LogP contribution in [0.3, 0.4) is 0 Å².